The third kappa shape index (κ3) is 3.27. The molecule has 110 valence electrons. The van der Waals surface area contributed by atoms with Gasteiger partial charge in [-0.25, -0.2) is 0 Å². The van der Waals surface area contributed by atoms with Crippen molar-refractivity contribution in [2.45, 2.75) is 38.2 Å². The first-order valence-electron chi connectivity index (χ1n) is 7.72. The van der Waals surface area contributed by atoms with Gasteiger partial charge in [0, 0.05) is 5.92 Å². The van der Waals surface area contributed by atoms with Gasteiger partial charge in [-0.05, 0) is 55.0 Å². The van der Waals surface area contributed by atoms with Crippen molar-refractivity contribution in [1.82, 2.24) is 0 Å². The van der Waals surface area contributed by atoms with Gasteiger partial charge in [-0.3, -0.25) is 0 Å². The molecule has 0 amide bonds. The van der Waals surface area contributed by atoms with Crippen LogP contribution >= 0.6 is 0 Å². The van der Waals surface area contributed by atoms with Crippen LogP contribution in [-0.4, -0.2) is 11.7 Å². The van der Waals surface area contributed by atoms with Crippen molar-refractivity contribution in [3.05, 3.63) is 65.2 Å². The fourth-order valence-electron chi connectivity index (χ4n) is 3.09. The van der Waals surface area contributed by atoms with E-state index in [0.717, 1.165) is 11.3 Å². The van der Waals surface area contributed by atoms with E-state index in [1.807, 2.05) is 24.3 Å². The Labute approximate surface area is 126 Å². The van der Waals surface area contributed by atoms with Crippen molar-refractivity contribution in [2.24, 2.45) is 0 Å². The average molecular weight is 282 g/mol. The normalized spacial score (nSPS) is 18.9. The summed E-state index contributed by atoms with van der Waals surface area (Å²) < 4.78 is 5.98. The lowest BCUT2D eigenvalue weighted by atomic mass is 9.83. The summed E-state index contributed by atoms with van der Waals surface area (Å²) in [5.41, 5.74) is 3.81. The van der Waals surface area contributed by atoms with Crippen LogP contribution in [0.4, 0.5) is 0 Å². The fraction of sp³-hybridized carbons (Fsp3) is 0.368. The smallest absolute Gasteiger partial charge is 0.119 e. The summed E-state index contributed by atoms with van der Waals surface area (Å²) in [5.74, 6) is 1.32. The first-order valence-corrected chi connectivity index (χ1v) is 7.72. The monoisotopic (exact) mass is 282 g/mol. The van der Waals surface area contributed by atoms with E-state index in [0.29, 0.717) is 12.5 Å². The van der Waals surface area contributed by atoms with Gasteiger partial charge in [-0.1, -0.05) is 36.4 Å². The molecular formula is C19H22O2. The Balaban J connectivity index is 1.70. The number of rotatable bonds is 4. The van der Waals surface area contributed by atoms with Gasteiger partial charge < -0.3 is 9.84 Å². The van der Waals surface area contributed by atoms with Gasteiger partial charge >= 0.3 is 0 Å². The summed E-state index contributed by atoms with van der Waals surface area (Å²) in [6.07, 6.45) is 3.15. The zero-order valence-corrected chi connectivity index (χ0v) is 12.5. The molecule has 0 bridgehead atoms. The van der Waals surface area contributed by atoms with Gasteiger partial charge in [0.1, 0.15) is 5.75 Å². The predicted octanol–water partition coefficient (Wildman–Crippen LogP) is 4.24. The number of benzene rings is 2. The van der Waals surface area contributed by atoms with Gasteiger partial charge in [-0.15, -0.1) is 0 Å². The van der Waals surface area contributed by atoms with Crippen LogP contribution in [0, 0.1) is 0 Å². The molecule has 0 saturated heterocycles. The highest BCUT2D eigenvalue weighted by Crippen LogP contribution is 2.32. The molecule has 21 heavy (non-hydrogen) atoms. The molecule has 0 aliphatic heterocycles. The van der Waals surface area contributed by atoms with Crippen LogP contribution in [0.15, 0.2) is 48.5 Å². The van der Waals surface area contributed by atoms with Crippen molar-refractivity contribution in [2.75, 3.05) is 6.61 Å². The van der Waals surface area contributed by atoms with E-state index in [1.165, 1.54) is 30.4 Å². The van der Waals surface area contributed by atoms with Gasteiger partial charge in [0.05, 0.1) is 12.7 Å². The molecule has 0 aromatic heterocycles. The van der Waals surface area contributed by atoms with E-state index in [4.69, 9.17) is 4.74 Å². The fourth-order valence-corrected chi connectivity index (χ4v) is 3.09. The Bertz CT molecular complexity index is 604. The van der Waals surface area contributed by atoms with Crippen molar-refractivity contribution in [3.8, 4) is 5.75 Å². The summed E-state index contributed by atoms with van der Waals surface area (Å²) in [4.78, 5) is 0. The second-order valence-corrected chi connectivity index (χ2v) is 5.85. The van der Waals surface area contributed by atoms with Gasteiger partial charge in [0.15, 0.2) is 0 Å². The van der Waals surface area contributed by atoms with Gasteiger partial charge in [0.2, 0.25) is 0 Å². The lowest BCUT2D eigenvalue weighted by Gasteiger charge is -2.25. The van der Waals surface area contributed by atoms with Crippen LogP contribution in [0.25, 0.3) is 0 Å². The van der Waals surface area contributed by atoms with E-state index in [1.54, 1.807) is 6.92 Å². The zero-order chi connectivity index (χ0) is 14.7. The molecule has 2 nitrogen and oxygen atoms in total. The number of aliphatic hydroxyl groups excluding tert-OH is 1. The van der Waals surface area contributed by atoms with Crippen LogP contribution in [0.3, 0.4) is 0 Å². The number of fused-ring (bicyclic) bond motifs is 1. The second kappa shape index (κ2) is 6.31. The van der Waals surface area contributed by atoms with E-state index in [9.17, 15) is 5.11 Å². The number of hydrogen-bond acceptors (Lipinski definition) is 2. The Morgan fingerprint density at radius 2 is 2.05 bits per heavy atom. The first-order chi connectivity index (χ1) is 10.2. The highest BCUT2D eigenvalue weighted by atomic mass is 16.5. The first kappa shape index (κ1) is 14.2. The third-order valence-corrected chi connectivity index (χ3v) is 4.29. The van der Waals surface area contributed by atoms with Crippen LogP contribution < -0.4 is 4.74 Å². The zero-order valence-electron chi connectivity index (χ0n) is 12.5. The second-order valence-electron chi connectivity index (χ2n) is 5.85. The van der Waals surface area contributed by atoms with E-state index < -0.39 is 6.10 Å². The molecule has 2 aromatic carbocycles. The maximum absolute atomic E-state index is 9.64. The lowest BCUT2D eigenvalue weighted by Crippen LogP contribution is -2.16. The maximum Gasteiger partial charge on any atom is 0.119 e. The molecule has 1 unspecified atom stereocenters. The molecule has 2 aromatic rings. The molecular weight excluding hydrogens is 260 g/mol. The standard InChI is InChI=1S/C19H22O2/c1-14(20)16-8-5-10-18(12-16)21-13-17-9-4-7-15-6-2-3-11-19(15)17/h2-3,5-6,8,10-12,14,17,20H,4,7,9,13H2,1H3/t14-,17?/m1/s1. The van der Waals surface area contributed by atoms with Crippen LogP contribution in [-0.2, 0) is 6.42 Å². The van der Waals surface area contributed by atoms with Gasteiger partial charge in [0.25, 0.3) is 0 Å². The maximum atomic E-state index is 9.64. The SMILES string of the molecule is C[C@@H](O)c1cccc(OCC2CCCc3ccccc32)c1. The summed E-state index contributed by atoms with van der Waals surface area (Å²) in [6.45, 7) is 2.48. The molecule has 0 heterocycles. The minimum absolute atomic E-state index is 0.455. The van der Waals surface area contributed by atoms with Crippen molar-refractivity contribution in [3.63, 3.8) is 0 Å². The van der Waals surface area contributed by atoms with Gasteiger partial charge in [-0.2, -0.15) is 0 Å². The highest BCUT2D eigenvalue weighted by molar-refractivity contribution is 5.33. The van der Waals surface area contributed by atoms with E-state index >= 15 is 0 Å². The topological polar surface area (TPSA) is 29.5 Å². The summed E-state index contributed by atoms with van der Waals surface area (Å²) in [5, 5.41) is 9.64. The summed E-state index contributed by atoms with van der Waals surface area (Å²) in [6, 6.07) is 16.4. The quantitative estimate of drug-likeness (QED) is 0.909. The molecule has 0 fully saturated rings. The molecule has 0 radical (unpaired) electrons. The number of aryl methyl sites for hydroxylation is 1. The number of ether oxygens (including phenoxy) is 1. The van der Waals surface area contributed by atoms with Crippen LogP contribution in [0.2, 0.25) is 0 Å². The van der Waals surface area contributed by atoms with Crippen molar-refractivity contribution >= 4 is 0 Å². The van der Waals surface area contributed by atoms with E-state index in [2.05, 4.69) is 24.3 Å². The minimum Gasteiger partial charge on any atom is -0.493 e. The lowest BCUT2D eigenvalue weighted by molar-refractivity contribution is 0.198. The van der Waals surface area contributed by atoms with Crippen LogP contribution in [0.5, 0.6) is 5.75 Å². The number of hydrogen-bond donors (Lipinski definition) is 1. The average Bonchev–Trinajstić information content (AvgIpc) is 2.53. The largest absolute Gasteiger partial charge is 0.493 e. The third-order valence-electron chi connectivity index (χ3n) is 4.29. The molecule has 0 saturated carbocycles. The molecule has 0 spiro atoms. The molecule has 1 aliphatic rings. The Kier molecular flexibility index (Phi) is 4.26. The minimum atomic E-state index is -0.455. The number of aliphatic hydroxyl groups is 1. The van der Waals surface area contributed by atoms with Crippen molar-refractivity contribution in [1.29, 1.82) is 0 Å². The predicted molar refractivity (Wildman–Crippen MR) is 84.7 cm³/mol. The Morgan fingerprint density at radius 1 is 1.19 bits per heavy atom. The summed E-state index contributed by atoms with van der Waals surface area (Å²) >= 11 is 0. The highest BCUT2D eigenvalue weighted by Gasteiger charge is 2.20. The van der Waals surface area contributed by atoms with Crippen LogP contribution in [0.1, 0.15) is 48.5 Å². The Hall–Kier alpha value is -1.80. The molecule has 2 heteroatoms. The summed E-state index contributed by atoms with van der Waals surface area (Å²) in [7, 11) is 0. The Morgan fingerprint density at radius 3 is 2.90 bits per heavy atom. The molecule has 3 rings (SSSR count). The molecule has 2 atom stereocenters. The molecule has 1 aliphatic carbocycles. The molecule has 1 N–H and O–H groups in total. The van der Waals surface area contributed by atoms with Crippen molar-refractivity contribution < 1.29 is 9.84 Å². The van der Waals surface area contributed by atoms with E-state index in [-0.39, 0.29) is 0 Å².